The molecule has 0 spiro atoms. The second kappa shape index (κ2) is 14.4. The highest BCUT2D eigenvalue weighted by Crippen LogP contribution is 2.65. The smallest absolute Gasteiger partial charge is 0.424 e. The van der Waals surface area contributed by atoms with Crippen LogP contribution in [0.15, 0.2) is 48.5 Å². The van der Waals surface area contributed by atoms with Crippen molar-refractivity contribution in [2.75, 3.05) is 10.2 Å². The van der Waals surface area contributed by atoms with Crippen LogP contribution >= 0.6 is 34.8 Å². The maximum atomic E-state index is 16.0. The Morgan fingerprint density at radius 3 is 1.96 bits per heavy atom. The lowest BCUT2D eigenvalue weighted by molar-refractivity contribution is -0.137. The maximum Gasteiger partial charge on any atom is 0.424 e. The zero-order valence-electron chi connectivity index (χ0n) is 28.3. The molecule has 1 aliphatic rings. The number of halogens is 9. The van der Waals surface area contributed by atoms with Gasteiger partial charge in [-0.25, -0.2) is 22.8 Å². The van der Waals surface area contributed by atoms with Gasteiger partial charge in [-0.3, -0.25) is 9.59 Å². The number of nitrogens with one attached hydrogen (secondary N) is 1. The minimum atomic E-state index is -4.88. The van der Waals surface area contributed by atoms with E-state index in [2.05, 4.69) is 5.32 Å². The van der Waals surface area contributed by atoms with Crippen LogP contribution in [0.25, 0.3) is 0 Å². The predicted molar refractivity (Wildman–Crippen MR) is 181 cm³/mol. The lowest BCUT2D eigenvalue weighted by Gasteiger charge is -2.29. The van der Waals surface area contributed by atoms with Gasteiger partial charge in [-0.15, -0.1) is 23.2 Å². The average Bonchev–Trinajstić information content (AvgIpc) is 3.56. The summed E-state index contributed by atoms with van der Waals surface area (Å²) in [6.07, 6.45) is -8.58. The molecule has 8 nitrogen and oxygen atoms in total. The number of carbonyl (C=O) groups is 4. The largest absolute Gasteiger partial charge is 0.443 e. The standard InChI is InChI=1S/C35H31Cl3F6N2O6/c1-32(2,3)51-30(49)46(31(50)52-33(4,5)6)28-23(40)10-7-16(27(28)41)13-24(47)21-15-20(8-9-22(21)36)45-29(48)26-25(34(26,37)38)17-11-18(35(42,43)44)14-19(39)12-17/h7-12,14-15,25-26H,13H2,1-6H3,(H,45,48)/t25-,26+/m0/s1. The molecule has 280 valence electrons. The van der Waals surface area contributed by atoms with Crippen LogP contribution in [0.2, 0.25) is 5.02 Å². The Balaban J connectivity index is 1.60. The van der Waals surface area contributed by atoms with Crippen molar-refractivity contribution >= 4 is 70.1 Å². The van der Waals surface area contributed by atoms with Gasteiger partial charge in [-0.05, 0) is 95.1 Å². The van der Waals surface area contributed by atoms with Crippen molar-refractivity contribution in [2.45, 2.75) is 75.6 Å². The second-order valence-electron chi connectivity index (χ2n) is 13.8. The van der Waals surface area contributed by atoms with E-state index in [1.54, 1.807) is 0 Å². The maximum absolute atomic E-state index is 16.0. The molecule has 1 saturated carbocycles. The van der Waals surface area contributed by atoms with E-state index in [1.165, 1.54) is 53.7 Å². The normalized spacial score (nSPS) is 16.9. The molecule has 0 bridgehead atoms. The van der Waals surface area contributed by atoms with Crippen molar-refractivity contribution in [1.82, 2.24) is 0 Å². The summed E-state index contributed by atoms with van der Waals surface area (Å²) in [6, 6.07) is 6.96. The third-order valence-electron chi connectivity index (χ3n) is 7.35. The van der Waals surface area contributed by atoms with Gasteiger partial charge in [0.25, 0.3) is 0 Å². The molecule has 0 heterocycles. The first kappa shape index (κ1) is 40.8. The summed E-state index contributed by atoms with van der Waals surface area (Å²) in [7, 11) is 0. The van der Waals surface area contributed by atoms with Crippen molar-refractivity contribution in [3.8, 4) is 0 Å². The van der Waals surface area contributed by atoms with Gasteiger partial charge in [0.05, 0.1) is 16.5 Å². The zero-order chi connectivity index (χ0) is 39.3. The fourth-order valence-corrected chi connectivity index (χ4v) is 6.18. The SMILES string of the molecule is CC(C)(C)OC(=O)N(C(=O)OC(C)(C)C)c1c(F)ccc(CC(=O)c2cc(NC(=O)[C@H]3[C@H](c4cc(F)cc(C(F)(F)F)c4)C3(Cl)Cl)ccc2Cl)c1F. The minimum Gasteiger partial charge on any atom is -0.443 e. The number of anilines is 2. The number of ether oxygens (including phenoxy) is 2. The molecule has 0 radical (unpaired) electrons. The summed E-state index contributed by atoms with van der Waals surface area (Å²) >= 11 is 18.7. The van der Waals surface area contributed by atoms with Crippen LogP contribution in [0.3, 0.4) is 0 Å². The lowest BCUT2D eigenvalue weighted by Crippen LogP contribution is -2.44. The Kier molecular flexibility index (Phi) is 11.3. The van der Waals surface area contributed by atoms with Crippen LogP contribution in [0, 0.1) is 23.4 Å². The molecule has 0 unspecified atom stereocenters. The Morgan fingerprint density at radius 2 is 1.42 bits per heavy atom. The number of hydrogen-bond donors (Lipinski definition) is 1. The monoisotopic (exact) mass is 794 g/mol. The number of nitrogens with zero attached hydrogens (tertiary/aromatic N) is 1. The van der Waals surface area contributed by atoms with Crippen LogP contribution in [0.1, 0.15) is 74.5 Å². The topological polar surface area (TPSA) is 102 Å². The molecule has 0 saturated heterocycles. The van der Waals surface area contributed by atoms with Crippen molar-refractivity contribution in [3.05, 3.63) is 93.3 Å². The summed E-state index contributed by atoms with van der Waals surface area (Å²) in [5.74, 6) is -8.33. The zero-order valence-corrected chi connectivity index (χ0v) is 30.5. The summed E-state index contributed by atoms with van der Waals surface area (Å²) in [5, 5.41) is 2.29. The molecular weight excluding hydrogens is 765 g/mol. The Labute approximate surface area is 309 Å². The first-order valence-electron chi connectivity index (χ1n) is 15.3. The molecular formula is C35H31Cl3F6N2O6. The van der Waals surface area contributed by atoms with E-state index in [1.807, 2.05) is 0 Å². The van der Waals surface area contributed by atoms with Gasteiger partial charge in [0.2, 0.25) is 5.91 Å². The molecule has 52 heavy (non-hydrogen) atoms. The number of imide groups is 1. The highest BCUT2D eigenvalue weighted by Gasteiger charge is 2.68. The van der Waals surface area contributed by atoms with Crippen LogP contribution < -0.4 is 10.2 Å². The summed E-state index contributed by atoms with van der Waals surface area (Å²) in [5.41, 5.74) is -5.88. The van der Waals surface area contributed by atoms with Crippen molar-refractivity contribution in [1.29, 1.82) is 0 Å². The predicted octanol–water partition coefficient (Wildman–Crippen LogP) is 10.4. The molecule has 1 N–H and O–H groups in total. The molecule has 3 amide bonds. The van der Waals surface area contributed by atoms with E-state index in [-0.39, 0.29) is 32.8 Å². The van der Waals surface area contributed by atoms with E-state index in [0.717, 1.165) is 24.3 Å². The van der Waals surface area contributed by atoms with Crippen molar-refractivity contribution in [2.24, 2.45) is 5.92 Å². The van der Waals surface area contributed by atoms with Crippen LogP contribution in [0.4, 0.5) is 47.3 Å². The molecule has 2 atom stereocenters. The van der Waals surface area contributed by atoms with E-state index in [9.17, 15) is 36.7 Å². The second-order valence-corrected chi connectivity index (χ2v) is 15.7. The number of ketones is 1. The quantitative estimate of drug-likeness (QED) is 0.145. The third-order valence-corrected chi connectivity index (χ3v) is 8.62. The number of hydrogen-bond acceptors (Lipinski definition) is 6. The van der Waals surface area contributed by atoms with Crippen molar-refractivity contribution < 1.29 is 55.0 Å². The average molecular weight is 796 g/mol. The summed E-state index contributed by atoms with van der Waals surface area (Å²) in [6.45, 7) is 8.76. The first-order chi connectivity index (χ1) is 23.7. The van der Waals surface area contributed by atoms with Crippen LogP contribution in [-0.4, -0.2) is 39.4 Å². The van der Waals surface area contributed by atoms with Crippen LogP contribution in [0.5, 0.6) is 0 Å². The molecule has 0 aliphatic heterocycles. The third kappa shape index (κ3) is 9.31. The summed E-state index contributed by atoms with van der Waals surface area (Å²) in [4.78, 5) is 52.8. The fraction of sp³-hybridized carbons (Fsp3) is 0.371. The molecule has 17 heteroatoms. The lowest BCUT2D eigenvalue weighted by atomic mass is 10.0. The van der Waals surface area contributed by atoms with Crippen molar-refractivity contribution in [3.63, 3.8) is 0 Å². The van der Waals surface area contributed by atoms with E-state index in [0.29, 0.717) is 6.07 Å². The van der Waals surface area contributed by atoms with Gasteiger partial charge in [-0.2, -0.15) is 18.1 Å². The van der Waals surface area contributed by atoms with Gasteiger partial charge < -0.3 is 14.8 Å². The van der Waals surface area contributed by atoms with Gasteiger partial charge in [-0.1, -0.05) is 17.7 Å². The van der Waals surface area contributed by atoms with Gasteiger partial charge in [0, 0.05) is 23.6 Å². The Morgan fingerprint density at radius 1 is 0.846 bits per heavy atom. The molecule has 1 fully saturated rings. The number of Topliss-reactive ketones (excluding diaryl/α,β-unsaturated/α-hetero) is 1. The fourth-order valence-electron chi connectivity index (χ4n) is 5.12. The van der Waals surface area contributed by atoms with Gasteiger partial charge in [0.15, 0.2) is 17.4 Å². The summed E-state index contributed by atoms with van der Waals surface area (Å²) < 4.78 is 93.6. The van der Waals surface area contributed by atoms with E-state index >= 15 is 8.78 Å². The number of amides is 3. The molecule has 0 aromatic heterocycles. The highest BCUT2D eigenvalue weighted by molar-refractivity contribution is 6.53. The molecule has 1 aliphatic carbocycles. The minimum absolute atomic E-state index is 0.0466. The number of benzene rings is 3. The van der Waals surface area contributed by atoms with E-state index < -0.39 is 98.1 Å². The molecule has 3 aromatic rings. The molecule has 3 aromatic carbocycles. The molecule has 4 rings (SSSR count). The van der Waals surface area contributed by atoms with Crippen LogP contribution in [-0.2, 0) is 26.9 Å². The Hall–Kier alpha value is -4.01. The first-order valence-corrected chi connectivity index (χ1v) is 16.5. The highest BCUT2D eigenvalue weighted by atomic mass is 35.5. The number of rotatable bonds is 7. The van der Waals surface area contributed by atoms with Gasteiger partial charge in [0.1, 0.15) is 27.0 Å². The Bertz CT molecular complexity index is 1910. The van der Waals surface area contributed by atoms with E-state index in [4.69, 9.17) is 44.3 Å². The van der Waals surface area contributed by atoms with Gasteiger partial charge >= 0.3 is 18.4 Å². The number of carbonyl (C=O) groups excluding carboxylic acids is 4. The number of alkyl halides is 5.